The highest BCUT2D eigenvalue weighted by Crippen LogP contribution is 2.29. The Morgan fingerprint density at radius 3 is 2.75 bits per heavy atom. The molecule has 1 fully saturated rings. The molecule has 20 heavy (non-hydrogen) atoms. The van der Waals surface area contributed by atoms with Crippen molar-refractivity contribution in [3.63, 3.8) is 0 Å². The smallest absolute Gasteiger partial charge is 0.236 e. The Balaban J connectivity index is 2.00. The molecule has 1 amide bonds. The van der Waals surface area contributed by atoms with Gasteiger partial charge in [0.05, 0.1) is 5.25 Å². The normalized spacial score (nSPS) is 20.8. The van der Waals surface area contributed by atoms with E-state index in [1.54, 1.807) is 11.8 Å². The van der Waals surface area contributed by atoms with Crippen molar-refractivity contribution in [3.8, 4) is 0 Å². The molecule has 110 valence electrons. The summed E-state index contributed by atoms with van der Waals surface area (Å²) in [5.41, 5.74) is 0. The lowest BCUT2D eigenvalue weighted by molar-refractivity contribution is -0.132. The fourth-order valence-electron chi connectivity index (χ4n) is 2.58. The number of nitrogens with zero attached hydrogens (tertiary/aromatic N) is 1. The van der Waals surface area contributed by atoms with E-state index in [0.717, 1.165) is 35.8 Å². The Hall–Kier alpha value is -0.670. The number of rotatable bonds is 4. The van der Waals surface area contributed by atoms with E-state index in [1.165, 1.54) is 6.42 Å². The Morgan fingerprint density at radius 1 is 1.45 bits per heavy atom. The standard InChI is InChI=1S/C16H22ClNOS/c1-3-15(20-14-8-6-13(17)7-9-14)16(19)18-10-4-5-12(2)11-18/h6-9,12,15H,3-5,10-11H2,1-2H3. The molecule has 2 rings (SSSR count). The first kappa shape index (κ1) is 15.7. The Labute approximate surface area is 130 Å². The van der Waals surface area contributed by atoms with E-state index < -0.39 is 0 Å². The van der Waals surface area contributed by atoms with Gasteiger partial charge in [0.1, 0.15) is 0 Å². The Bertz CT molecular complexity index is 448. The summed E-state index contributed by atoms with van der Waals surface area (Å²) < 4.78 is 0. The van der Waals surface area contributed by atoms with Gasteiger partial charge in [0.25, 0.3) is 0 Å². The van der Waals surface area contributed by atoms with Crippen molar-refractivity contribution in [1.29, 1.82) is 0 Å². The van der Waals surface area contributed by atoms with E-state index in [1.807, 2.05) is 29.2 Å². The lowest BCUT2D eigenvalue weighted by Crippen LogP contribution is -2.43. The first-order chi connectivity index (χ1) is 9.60. The number of thioether (sulfide) groups is 1. The molecule has 1 saturated heterocycles. The van der Waals surface area contributed by atoms with E-state index in [2.05, 4.69) is 13.8 Å². The molecule has 4 heteroatoms. The summed E-state index contributed by atoms with van der Waals surface area (Å²) in [6.07, 6.45) is 3.23. The van der Waals surface area contributed by atoms with Crippen LogP contribution in [0.1, 0.15) is 33.1 Å². The van der Waals surface area contributed by atoms with Gasteiger partial charge in [-0.25, -0.2) is 0 Å². The second-order valence-corrected chi connectivity index (χ2v) is 7.21. The van der Waals surface area contributed by atoms with Gasteiger partial charge in [0.15, 0.2) is 0 Å². The fraction of sp³-hybridized carbons (Fsp3) is 0.562. The van der Waals surface area contributed by atoms with Gasteiger partial charge in [-0.2, -0.15) is 0 Å². The van der Waals surface area contributed by atoms with E-state index in [0.29, 0.717) is 11.8 Å². The third-order valence-corrected chi connectivity index (χ3v) is 5.32. The number of benzene rings is 1. The zero-order valence-electron chi connectivity index (χ0n) is 12.1. The van der Waals surface area contributed by atoms with Crippen LogP contribution >= 0.6 is 23.4 Å². The summed E-state index contributed by atoms with van der Waals surface area (Å²) in [6.45, 7) is 6.14. The SMILES string of the molecule is CCC(Sc1ccc(Cl)cc1)C(=O)N1CCCC(C)C1. The zero-order valence-corrected chi connectivity index (χ0v) is 13.7. The maximum absolute atomic E-state index is 12.6. The molecular formula is C16H22ClNOS. The van der Waals surface area contributed by atoms with Gasteiger partial charge < -0.3 is 4.90 Å². The molecule has 0 N–H and O–H groups in total. The predicted molar refractivity (Wildman–Crippen MR) is 86.4 cm³/mol. The van der Waals surface area contributed by atoms with Gasteiger partial charge in [-0.3, -0.25) is 4.79 Å². The fourth-order valence-corrected chi connectivity index (χ4v) is 3.74. The maximum atomic E-state index is 12.6. The lowest BCUT2D eigenvalue weighted by atomic mass is 10.00. The number of likely N-dealkylation sites (tertiary alicyclic amines) is 1. The van der Waals surface area contributed by atoms with Gasteiger partial charge in [0.2, 0.25) is 5.91 Å². The van der Waals surface area contributed by atoms with Crippen LogP contribution in [-0.2, 0) is 4.79 Å². The quantitative estimate of drug-likeness (QED) is 0.765. The highest BCUT2D eigenvalue weighted by Gasteiger charge is 2.27. The second kappa shape index (κ2) is 7.37. The molecule has 0 saturated carbocycles. The molecule has 0 bridgehead atoms. The molecule has 0 aliphatic carbocycles. The molecule has 2 unspecified atom stereocenters. The van der Waals surface area contributed by atoms with Crippen molar-refractivity contribution in [1.82, 2.24) is 4.90 Å². The summed E-state index contributed by atoms with van der Waals surface area (Å²) in [5, 5.41) is 0.750. The first-order valence-electron chi connectivity index (χ1n) is 7.31. The predicted octanol–water partition coefficient (Wildman–Crippen LogP) is 4.47. The Kier molecular flexibility index (Phi) is 5.79. The largest absolute Gasteiger partial charge is 0.341 e. The minimum absolute atomic E-state index is 0.0153. The van der Waals surface area contributed by atoms with Crippen LogP contribution < -0.4 is 0 Å². The van der Waals surface area contributed by atoms with Crippen molar-refractivity contribution in [3.05, 3.63) is 29.3 Å². The van der Waals surface area contributed by atoms with Crippen LogP contribution in [0, 0.1) is 5.92 Å². The van der Waals surface area contributed by atoms with E-state index in [4.69, 9.17) is 11.6 Å². The molecule has 0 spiro atoms. The molecule has 0 radical (unpaired) electrons. The summed E-state index contributed by atoms with van der Waals surface area (Å²) in [7, 11) is 0. The first-order valence-corrected chi connectivity index (χ1v) is 8.57. The molecule has 1 aliphatic rings. The highest BCUT2D eigenvalue weighted by atomic mass is 35.5. The van der Waals surface area contributed by atoms with Gasteiger partial charge in [-0.05, 0) is 49.4 Å². The van der Waals surface area contributed by atoms with Crippen LogP contribution in [0.4, 0.5) is 0 Å². The topological polar surface area (TPSA) is 20.3 Å². The summed E-state index contributed by atoms with van der Waals surface area (Å²) >= 11 is 7.55. The molecular weight excluding hydrogens is 290 g/mol. The van der Waals surface area contributed by atoms with Crippen LogP contribution in [-0.4, -0.2) is 29.1 Å². The number of hydrogen-bond acceptors (Lipinski definition) is 2. The minimum atomic E-state index is 0.0153. The van der Waals surface area contributed by atoms with Crippen molar-refractivity contribution < 1.29 is 4.79 Å². The van der Waals surface area contributed by atoms with E-state index >= 15 is 0 Å². The molecule has 1 heterocycles. The average Bonchev–Trinajstić information content (AvgIpc) is 2.46. The van der Waals surface area contributed by atoms with Gasteiger partial charge in [-0.1, -0.05) is 25.4 Å². The molecule has 2 atom stereocenters. The van der Waals surface area contributed by atoms with Gasteiger partial charge in [-0.15, -0.1) is 11.8 Å². The number of amides is 1. The molecule has 0 aromatic heterocycles. The Morgan fingerprint density at radius 2 is 2.15 bits per heavy atom. The number of carbonyl (C=O) groups is 1. The third-order valence-electron chi connectivity index (χ3n) is 3.71. The van der Waals surface area contributed by atoms with Gasteiger partial charge >= 0.3 is 0 Å². The van der Waals surface area contributed by atoms with Crippen molar-refractivity contribution >= 4 is 29.3 Å². The van der Waals surface area contributed by atoms with E-state index in [-0.39, 0.29) is 5.25 Å². The van der Waals surface area contributed by atoms with Crippen LogP contribution in [0.5, 0.6) is 0 Å². The van der Waals surface area contributed by atoms with Crippen molar-refractivity contribution in [2.75, 3.05) is 13.1 Å². The third kappa shape index (κ3) is 4.16. The van der Waals surface area contributed by atoms with Crippen LogP contribution in [0.15, 0.2) is 29.2 Å². The number of piperidine rings is 1. The number of carbonyl (C=O) groups excluding carboxylic acids is 1. The van der Waals surface area contributed by atoms with Crippen molar-refractivity contribution in [2.45, 2.75) is 43.3 Å². The summed E-state index contributed by atoms with van der Waals surface area (Å²) in [6, 6.07) is 7.73. The van der Waals surface area contributed by atoms with Gasteiger partial charge in [0, 0.05) is 23.0 Å². The summed E-state index contributed by atoms with van der Waals surface area (Å²) in [5.74, 6) is 0.921. The van der Waals surface area contributed by atoms with Crippen LogP contribution in [0.3, 0.4) is 0 Å². The molecule has 1 aromatic rings. The molecule has 1 aliphatic heterocycles. The average molecular weight is 312 g/mol. The van der Waals surface area contributed by atoms with Crippen LogP contribution in [0.25, 0.3) is 0 Å². The number of hydrogen-bond donors (Lipinski definition) is 0. The summed E-state index contributed by atoms with van der Waals surface area (Å²) in [4.78, 5) is 15.8. The monoisotopic (exact) mass is 311 g/mol. The highest BCUT2D eigenvalue weighted by molar-refractivity contribution is 8.00. The molecule has 1 aromatic carbocycles. The second-order valence-electron chi connectivity index (χ2n) is 5.50. The van der Waals surface area contributed by atoms with Crippen molar-refractivity contribution in [2.24, 2.45) is 5.92 Å². The zero-order chi connectivity index (χ0) is 14.5. The van der Waals surface area contributed by atoms with Crippen LogP contribution in [0.2, 0.25) is 5.02 Å². The minimum Gasteiger partial charge on any atom is -0.341 e. The van der Waals surface area contributed by atoms with E-state index in [9.17, 15) is 4.79 Å². The number of halogens is 1. The lowest BCUT2D eigenvalue weighted by Gasteiger charge is -2.33. The maximum Gasteiger partial charge on any atom is 0.236 e. The molecule has 2 nitrogen and oxygen atoms in total.